The molecule has 1 heterocycles. The molecule has 0 aliphatic rings. The molecule has 0 atom stereocenters. The molecule has 0 unspecified atom stereocenters. The molecule has 5 nitrogen and oxygen atoms in total. The van der Waals surface area contributed by atoms with Crippen LogP contribution in [0.4, 0.5) is 0 Å². The van der Waals surface area contributed by atoms with Crippen molar-refractivity contribution in [1.29, 1.82) is 0 Å². The van der Waals surface area contributed by atoms with Crippen LogP contribution in [0.15, 0.2) is 28.8 Å². The summed E-state index contributed by atoms with van der Waals surface area (Å²) in [5.74, 6) is -1.32. The van der Waals surface area contributed by atoms with Crippen molar-refractivity contribution in [3.63, 3.8) is 0 Å². The number of halogens is 1. The lowest BCUT2D eigenvalue weighted by atomic mass is 10.2. The Morgan fingerprint density at radius 2 is 2.00 bits per heavy atom. The average Bonchev–Trinajstić information content (AvgIpc) is 2.68. The summed E-state index contributed by atoms with van der Waals surface area (Å²) in [4.78, 5) is 14.2. The third-order valence-corrected chi connectivity index (χ3v) is 2.43. The molecule has 2 aromatic rings. The zero-order valence-corrected chi connectivity index (χ0v) is 9.50. The molecule has 15 heavy (non-hydrogen) atoms. The van der Waals surface area contributed by atoms with Gasteiger partial charge in [-0.2, -0.15) is 4.98 Å². The number of nitrogens with zero attached hydrogens (tertiary/aromatic N) is 2. The van der Waals surface area contributed by atoms with Gasteiger partial charge in [-0.3, -0.25) is 0 Å². The van der Waals surface area contributed by atoms with Crippen LogP contribution in [0.25, 0.3) is 11.5 Å². The lowest BCUT2D eigenvalue weighted by molar-refractivity contribution is 0.0680. The molecule has 0 aliphatic carbocycles. The van der Waals surface area contributed by atoms with Gasteiger partial charge in [-0.05, 0) is 52.0 Å². The number of hydrogen-bond acceptors (Lipinski definition) is 4. The first-order chi connectivity index (χ1) is 7.16. The Kier molecular flexibility index (Phi) is 2.67. The molecular formula is C9H5IN2O3. The van der Waals surface area contributed by atoms with Crippen LogP contribution in [0.2, 0.25) is 0 Å². The van der Waals surface area contributed by atoms with Gasteiger partial charge in [0.1, 0.15) is 0 Å². The number of hydrogen-bond donors (Lipinski definition) is 1. The standard InChI is InChI=1S/C9H5IN2O3/c10-6-3-1-5(2-4-6)8-11-7(9(13)14)12-15-8/h1-4H,(H,13,14). The second-order valence-electron chi connectivity index (χ2n) is 2.74. The van der Waals surface area contributed by atoms with Gasteiger partial charge < -0.3 is 9.63 Å². The molecule has 0 amide bonds. The fourth-order valence-corrected chi connectivity index (χ4v) is 1.38. The Hall–Kier alpha value is -1.44. The lowest BCUT2D eigenvalue weighted by Gasteiger charge is -1.92. The Bertz CT molecular complexity index is 492. The van der Waals surface area contributed by atoms with E-state index in [-0.39, 0.29) is 11.7 Å². The first-order valence-electron chi connectivity index (χ1n) is 4.00. The second kappa shape index (κ2) is 3.97. The van der Waals surface area contributed by atoms with Crippen LogP contribution in [-0.2, 0) is 0 Å². The highest BCUT2D eigenvalue weighted by atomic mass is 127. The lowest BCUT2D eigenvalue weighted by Crippen LogP contribution is -1.98. The van der Waals surface area contributed by atoms with Gasteiger partial charge in [0, 0.05) is 9.13 Å². The molecule has 0 saturated heterocycles. The van der Waals surface area contributed by atoms with Crippen LogP contribution in [0.1, 0.15) is 10.6 Å². The van der Waals surface area contributed by atoms with E-state index in [9.17, 15) is 4.79 Å². The van der Waals surface area contributed by atoms with Crippen LogP contribution in [0, 0.1) is 3.57 Å². The maximum Gasteiger partial charge on any atom is 0.377 e. The van der Waals surface area contributed by atoms with Gasteiger partial charge in [0.2, 0.25) is 0 Å². The number of aromatic carboxylic acids is 1. The molecule has 0 radical (unpaired) electrons. The van der Waals surface area contributed by atoms with E-state index in [0.29, 0.717) is 5.56 Å². The van der Waals surface area contributed by atoms with Gasteiger partial charge in [-0.25, -0.2) is 4.79 Å². The number of rotatable bonds is 2. The van der Waals surface area contributed by atoms with Gasteiger partial charge in [-0.1, -0.05) is 0 Å². The topological polar surface area (TPSA) is 76.2 Å². The first kappa shape index (κ1) is 10.1. The van der Waals surface area contributed by atoms with Gasteiger partial charge in [0.25, 0.3) is 11.7 Å². The van der Waals surface area contributed by atoms with Crippen LogP contribution in [0.5, 0.6) is 0 Å². The summed E-state index contributed by atoms with van der Waals surface area (Å²) in [5, 5.41) is 11.9. The Morgan fingerprint density at radius 1 is 1.33 bits per heavy atom. The smallest absolute Gasteiger partial charge is 0.377 e. The summed E-state index contributed by atoms with van der Waals surface area (Å²) in [7, 11) is 0. The molecule has 1 N–H and O–H groups in total. The predicted molar refractivity (Wildman–Crippen MR) is 59.4 cm³/mol. The third kappa shape index (κ3) is 2.14. The van der Waals surface area contributed by atoms with Crippen molar-refractivity contribution < 1.29 is 14.4 Å². The largest absolute Gasteiger partial charge is 0.475 e. The van der Waals surface area contributed by atoms with Crippen molar-refractivity contribution in [2.45, 2.75) is 0 Å². The van der Waals surface area contributed by atoms with Gasteiger partial charge >= 0.3 is 5.97 Å². The molecule has 1 aromatic carbocycles. The van der Waals surface area contributed by atoms with Crippen molar-refractivity contribution in [3.8, 4) is 11.5 Å². The van der Waals surface area contributed by atoms with E-state index in [1.165, 1.54) is 0 Å². The number of benzene rings is 1. The zero-order valence-electron chi connectivity index (χ0n) is 7.35. The molecule has 0 fully saturated rings. The van der Waals surface area contributed by atoms with E-state index in [1.807, 2.05) is 12.1 Å². The maximum absolute atomic E-state index is 10.5. The van der Waals surface area contributed by atoms with Gasteiger partial charge in [0.05, 0.1) is 0 Å². The molecule has 0 saturated carbocycles. The molecule has 6 heteroatoms. The van der Waals surface area contributed by atoms with Crippen molar-refractivity contribution in [2.75, 3.05) is 0 Å². The van der Waals surface area contributed by atoms with Crippen LogP contribution < -0.4 is 0 Å². The molecule has 2 rings (SSSR count). The predicted octanol–water partition coefficient (Wildman–Crippen LogP) is 2.04. The van der Waals surface area contributed by atoms with E-state index in [4.69, 9.17) is 9.63 Å². The number of carbonyl (C=O) groups is 1. The van der Waals surface area contributed by atoms with Crippen molar-refractivity contribution in [2.24, 2.45) is 0 Å². The molecule has 0 aliphatic heterocycles. The maximum atomic E-state index is 10.5. The molecule has 1 aromatic heterocycles. The number of aromatic nitrogens is 2. The Balaban J connectivity index is 2.37. The van der Waals surface area contributed by atoms with E-state index in [0.717, 1.165) is 3.57 Å². The van der Waals surface area contributed by atoms with E-state index in [2.05, 4.69) is 32.7 Å². The molecular weight excluding hydrogens is 311 g/mol. The monoisotopic (exact) mass is 316 g/mol. The molecule has 76 valence electrons. The SMILES string of the molecule is O=C(O)c1noc(-c2ccc(I)cc2)n1. The van der Waals surface area contributed by atoms with Gasteiger partial charge in [-0.15, -0.1) is 0 Å². The summed E-state index contributed by atoms with van der Waals surface area (Å²) in [5.41, 5.74) is 0.704. The third-order valence-electron chi connectivity index (χ3n) is 1.71. The fraction of sp³-hybridized carbons (Fsp3) is 0. The molecule has 0 bridgehead atoms. The molecule has 0 spiro atoms. The van der Waals surface area contributed by atoms with E-state index < -0.39 is 5.97 Å². The average molecular weight is 316 g/mol. The Labute approximate surface area is 98.3 Å². The summed E-state index contributed by atoms with van der Waals surface area (Å²) in [6.07, 6.45) is 0. The van der Waals surface area contributed by atoms with Crippen LogP contribution in [0.3, 0.4) is 0 Å². The minimum absolute atomic E-state index is 0.212. The minimum atomic E-state index is -1.20. The first-order valence-corrected chi connectivity index (χ1v) is 5.07. The number of carboxylic acid groups (broad SMARTS) is 1. The van der Waals surface area contributed by atoms with E-state index >= 15 is 0 Å². The van der Waals surface area contributed by atoms with E-state index in [1.54, 1.807) is 12.1 Å². The second-order valence-corrected chi connectivity index (χ2v) is 3.98. The summed E-state index contributed by atoms with van der Waals surface area (Å²) < 4.78 is 5.89. The van der Waals surface area contributed by atoms with Crippen molar-refractivity contribution in [1.82, 2.24) is 10.1 Å². The highest BCUT2D eigenvalue weighted by Crippen LogP contribution is 2.18. The normalized spacial score (nSPS) is 10.2. The Morgan fingerprint density at radius 3 is 2.53 bits per heavy atom. The quantitative estimate of drug-likeness (QED) is 0.858. The minimum Gasteiger partial charge on any atom is -0.475 e. The van der Waals surface area contributed by atoms with Crippen molar-refractivity contribution >= 4 is 28.6 Å². The van der Waals surface area contributed by atoms with Crippen LogP contribution in [-0.4, -0.2) is 21.2 Å². The summed E-state index contributed by atoms with van der Waals surface area (Å²) in [6.45, 7) is 0. The summed E-state index contributed by atoms with van der Waals surface area (Å²) in [6, 6.07) is 7.34. The fourth-order valence-electron chi connectivity index (χ4n) is 1.02. The highest BCUT2D eigenvalue weighted by molar-refractivity contribution is 14.1. The van der Waals surface area contributed by atoms with Crippen LogP contribution >= 0.6 is 22.6 Å². The zero-order chi connectivity index (χ0) is 10.8. The van der Waals surface area contributed by atoms with Gasteiger partial charge in [0.15, 0.2) is 0 Å². The number of carboxylic acids is 1. The summed E-state index contributed by atoms with van der Waals surface area (Å²) >= 11 is 2.17. The highest BCUT2D eigenvalue weighted by Gasteiger charge is 2.13. The van der Waals surface area contributed by atoms with Crippen molar-refractivity contribution in [3.05, 3.63) is 33.7 Å².